The van der Waals surface area contributed by atoms with Crippen LogP contribution in [0.3, 0.4) is 0 Å². The molecule has 1 aliphatic heterocycles. The number of carbonyl (C=O) groups is 2. The van der Waals surface area contributed by atoms with Crippen molar-refractivity contribution < 1.29 is 19.1 Å². The number of hydrogen-bond acceptors (Lipinski definition) is 5. The summed E-state index contributed by atoms with van der Waals surface area (Å²) < 4.78 is 10.6. The van der Waals surface area contributed by atoms with Gasteiger partial charge in [-0.25, -0.2) is 0 Å². The van der Waals surface area contributed by atoms with Crippen molar-refractivity contribution in [3.8, 4) is 11.5 Å². The summed E-state index contributed by atoms with van der Waals surface area (Å²) >= 11 is 0. The molecule has 132 valence electrons. The van der Waals surface area contributed by atoms with Crippen molar-refractivity contribution in [2.75, 3.05) is 40.4 Å². The first kappa shape index (κ1) is 18.1. The molecule has 2 rings (SSSR count). The highest BCUT2D eigenvalue weighted by Gasteiger charge is 2.15. The van der Waals surface area contributed by atoms with Gasteiger partial charge in [0.15, 0.2) is 18.1 Å². The van der Waals surface area contributed by atoms with E-state index < -0.39 is 0 Å². The summed E-state index contributed by atoms with van der Waals surface area (Å²) in [6.07, 6.45) is 2.14. The molecular weight excluding hydrogens is 310 g/mol. The minimum Gasteiger partial charge on any atom is -0.493 e. The number of benzene rings is 1. The van der Waals surface area contributed by atoms with Gasteiger partial charge in [-0.3, -0.25) is 9.59 Å². The Morgan fingerprint density at radius 1 is 1.33 bits per heavy atom. The van der Waals surface area contributed by atoms with Crippen molar-refractivity contribution in [2.45, 2.75) is 12.8 Å². The largest absolute Gasteiger partial charge is 0.493 e. The van der Waals surface area contributed by atoms with Crippen molar-refractivity contribution >= 4 is 11.8 Å². The molecule has 24 heavy (non-hydrogen) atoms. The van der Waals surface area contributed by atoms with Gasteiger partial charge in [-0.05, 0) is 50.0 Å². The van der Waals surface area contributed by atoms with Crippen molar-refractivity contribution in [3.63, 3.8) is 0 Å². The molecule has 1 aromatic rings. The fourth-order valence-corrected chi connectivity index (χ4v) is 2.60. The fourth-order valence-electron chi connectivity index (χ4n) is 2.60. The number of ether oxygens (including phenoxy) is 2. The zero-order valence-electron chi connectivity index (χ0n) is 14.2. The summed E-state index contributed by atoms with van der Waals surface area (Å²) in [6, 6.07) is 4.91. The van der Waals surface area contributed by atoms with E-state index in [0.29, 0.717) is 29.5 Å². The minimum atomic E-state index is -0.236. The Labute approximate surface area is 142 Å². The molecule has 1 atom stereocenters. The molecule has 0 aromatic heterocycles. The van der Waals surface area contributed by atoms with E-state index in [1.54, 1.807) is 18.2 Å². The second-order valence-electron chi connectivity index (χ2n) is 5.73. The molecule has 0 radical (unpaired) electrons. The van der Waals surface area contributed by atoms with Gasteiger partial charge in [-0.15, -0.1) is 0 Å². The van der Waals surface area contributed by atoms with E-state index in [0.717, 1.165) is 19.5 Å². The molecule has 1 aromatic carbocycles. The molecule has 1 saturated heterocycles. The molecule has 1 unspecified atom stereocenters. The molecule has 3 N–H and O–H groups in total. The third kappa shape index (κ3) is 5.13. The van der Waals surface area contributed by atoms with E-state index in [9.17, 15) is 9.59 Å². The first-order valence-corrected chi connectivity index (χ1v) is 8.14. The van der Waals surface area contributed by atoms with Crippen molar-refractivity contribution in [3.05, 3.63) is 23.8 Å². The van der Waals surface area contributed by atoms with E-state index in [2.05, 4.69) is 16.0 Å². The van der Waals surface area contributed by atoms with Crippen LogP contribution in [0, 0.1) is 5.92 Å². The molecule has 1 fully saturated rings. The second kappa shape index (κ2) is 9.12. The van der Waals surface area contributed by atoms with Gasteiger partial charge in [0.1, 0.15) is 0 Å². The van der Waals surface area contributed by atoms with Crippen molar-refractivity contribution in [1.29, 1.82) is 0 Å². The topological polar surface area (TPSA) is 88.7 Å². The third-order valence-electron chi connectivity index (χ3n) is 4.06. The maximum absolute atomic E-state index is 12.2. The Balaban J connectivity index is 1.89. The van der Waals surface area contributed by atoms with Crippen LogP contribution in [0.4, 0.5) is 0 Å². The highest BCUT2D eigenvalue weighted by molar-refractivity contribution is 5.94. The summed E-state index contributed by atoms with van der Waals surface area (Å²) in [5.41, 5.74) is 0.503. The molecule has 7 heteroatoms. The lowest BCUT2D eigenvalue weighted by Crippen LogP contribution is -2.26. The Kier molecular flexibility index (Phi) is 6.87. The second-order valence-corrected chi connectivity index (χ2v) is 5.73. The number of nitrogens with one attached hydrogen (secondary N) is 3. The van der Waals surface area contributed by atoms with Gasteiger partial charge in [0.2, 0.25) is 0 Å². The molecule has 0 spiro atoms. The van der Waals surface area contributed by atoms with Crippen LogP contribution in [0.2, 0.25) is 0 Å². The van der Waals surface area contributed by atoms with Crippen LogP contribution in [0.25, 0.3) is 0 Å². The van der Waals surface area contributed by atoms with Gasteiger partial charge in [-0.1, -0.05) is 0 Å². The van der Waals surface area contributed by atoms with Crippen LogP contribution in [0.15, 0.2) is 18.2 Å². The van der Waals surface area contributed by atoms with E-state index in [-0.39, 0.29) is 18.4 Å². The number of likely N-dealkylation sites (N-methyl/N-ethyl adjacent to an activating group) is 1. The molecule has 7 nitrogen and oxygen atoms in total. The Bertz CT molecular complexity index is 571. The average Bonchev–Trinajstić information content (AvgIpc) is 3.12. The van der Waals surface area contributed by atoms with Crippen molar-refractivity contribution in [2.24, 2.45) is 5.92 Å². The number of carbonyl (C=O) groups excluding carboxylic acids is 2. The normalized spacial score (nSPS) is 16.5. The molecule has 2 amide bonds. The smallest absolute Gasteiger partial charge is 0.257 e. The summed E-state index contributed by atoms with van der Waals surface area (Å²) in [5.74, 6) is 1.11. The highest BCUT2D eigenvalue weighted by Crippen LogP contribution is 2.28. The highest BCUT2D eigenvalue weighted by atomic mass is 16.5. The average molecular weight is 335 g/mol. The van der Waals surface area contributed by atoms with E-state index in [4.69, 9.17) is 9.47 Å². The molecule has 0 bridgehead atoms. The maximum Gasteiger partial charge on any atom is 0.257 e. The Morgan fingerprint density at radius 2 is 2.17 bits per heavy atom. The van der Waals surface area contributed by atoms with Crippen LogP contribution in [-0.4, -0.2) is 52.2 Å². The van der Waals surface area contributed by atoms with Crippen LogP contribution in [-0.2, 0) is 4.79 Å². The first-order chi connectivity index (χ1) is 11.6. The van der Waals surface area contributed by atoms with Crippen LogP contribution < -0.4 is 25.4 Å². The number of hydrogen-bond donors (Lipinski definition) is 3. The monoisotopic (exact) mass is 335 g/mol. The predicted octanol–water partition coefficient (Wildman–Crippen LogP) is 0.549. The summed E-state index contributed by atoms with van der Waals surface area (Å²) in [7, 11) is 3.04. The van der Waals surface area contributed by atoms with E-state index >= 15 is 0 Å². The van der Waals surface area contributed by atoms with Crippen LogP contribution >= 0.6 is 0 Å². The summed E-state index contributed by atoms with van der Waals surface area (Å²) in [5, 5.41) is 8.72. The molecule has 1 heterocycles. The zero-order valence-corrected chi connectivity index (χ0v) is 14.2. The quantitative estimate of drug-likeness (QED) is 0.646. The third-order valence-corrected chi connectivity index (χ3v) is 4.06. The maximum atomic E-state index is 12.2. The lowest BCUT2D eigenvalue weighted by atomic mass is 10.1. The Morgan fingerprint density at radius 3 is 2.83 bits per heavy atom. The lowest BCUT2D eigenvalue weighted by Gasteiger charge is -2.12. The molecule has 0 saturated carbocycles. The zero-order chi connectivity index (χ0) is 17.4. The van der Waals surface area contributed by atoms with E-state index in [1.807, 2.05) is 0 Å². The van der Waals surface area contributed by atoms with Crippen molar-refractivity contribution in [1.82, 2.24) is 16.0 Å². The van der Waals surface area contributed by atoms with Gasteiger partial charge in [-0.2, -0.15) is 0 Å². The van der Waals surface area contributed by atoms with Gasteiger partial charge < -0.3 is 25.4 Å². The SMILES string of the molecule is CNC(=O)COc1ccc(C(=O)NCCC2CCNC2)cc1OC. The van der Waals surface area contributed by atoms with Gasteiger partial charge in [0.25, 0.3) is 11.8 Å². The molecular formula is C17H25N3O4. The standard InChI is InChI=1S/C17H25N3O4/c1-18-16(21)11-24-14-4-3-13(9-15(14)23-2)17(22)20-8-6-12-5-7-19-10-12/h3-4,9,12,19H,5-8,10-11H2,1-2H3,(H,18,21)(H,20,22). The van der Waals surface area contributed by atoms with Gasteiger partial charge in [0.05, 0.1) is 7.11 Å². The first-order valence-electron chi connectivity index (χ1n) is 8.14. The summed E-state index contributed by atoms with van der Waals surface area (Å²) in [6.45, 7) is 2.64. The van der Waals surface area contributed by atoms with Crippen LogP contribution in [0.1, 0.15) is 23.2 Å². The molecule has 0 aliphatic carbocycles. The number of methoxy groups -OCH3 is 1. The number of amides is 2. The van der Waals surface area contributed by atoms with Gasteiger partial charge >= 0.3 is 0 Å². The minimum absolute atomic E-state index is 0.103. The summed E-state index contributed by atoms with van der Waals surface area (Å²) in [4.78, 5) is 23.5. The fraction of sp³-hybridized carbons (Fsp3) is 0.529. The Hall–Kier alpha value is -2.28. The van der Waals surface area contributed by atoms with Gasteiger partial charge in [0, 0.05) is 19.2 Å². The predicted molar refractivity (Wildman–Crippen MR) is 90.5 cm³/mol. The van der Waals surface area contributed by atoms with Crippen LogP contribution in [0.5, 0.6) is 11.5 Å². The molecule has 1 aliphatic rings. The lowest BCUT2D eigenvalue weighted by molar-refractivity contribution is -0.122. The number of rotatable bonds is 8. The van der Waals surface area contributed by atoms with E-state index in [1.165, 1.54) is 20.6 Å².